The molecule has 0 aliphatic carbocycles. The Kier molecular flexibility index (Phi) is 5.55. The molecule has 0 aromatic rings. The average molecular weight is 302 g/mol. The molecule has 2 aliphatic heterocycles. The van der Waals surface area contributed by atoms with Crippen LogP contribution in [0, 0.1) is 5.92 Å². The van der Waals surface area contributed by atoms with E-state index >= 15 is 0 Å². The lowest BCUT2D eigenvalue weighted by Gasteiger charge is -2.36. The normalized spacial score (nSPS) is 35.1. The minimum atomic E-state index is -0.514. The molecule has 0 radical (unpaired) electrons. The van der Waals surface area contributed by atoms with Gasteiger partial charge in [-0.05, 0) is 13.3 Å². The molecule has 0 aromatic carbocycles. The van der Waals surface area contributed by atoms with Gasteiger partial charge in [-0.15, -0.1) is 0 Å². The Morgan fingerprint density at radius 1 is 1.14 bits per heavy atom. The van der Waals surface area contributed by atoms with Crippen LogP contribution in [-0.2, 0) is 33.3 Å². The third-order valence-electron chi connectivity index (χ3n) is 3.55. The van der Waals surface area contributed by atoms with E-state index in [2.05, 4.69) is 0 Å². The van der Waals surface area contributed by atoms with Gasteiger partial charge in [-0.3, -0.25) is 9.59 Å². The van der Waals surface area contributed by atoms with Crippen LogP contribution in [-0.4, -0.2) is 49.9 Å². The van der Waals surface area contributed by atoms with Crippen LogP contribution in [0.4, 0.5) is 0 Å². The van der Waals surface area contributed by atoms with Gasteiger partial charge in [-0.1, -0.05) is 0 Å². The number of hydrogen-bond donors (Lipinski definition) is 0. The highest BCUT2D eigenvalue weighted by atomic mass is 16.8. The first-order chi connectivity index (χ1) is 9.99. The molecule has 2 saturated heterocycles. The summed E-state index contributed by atoms with van der Waals surface area (Å²) < 4.78 is 27.2. The Hall–Kier alpha value is -1.18. The summed E-state index contributed by atoms with van der Waals surface area (Å²) in [5.41, 5.74) is 0. The van der Waals surface area contributed by atoms with E-state index in [1.807, 2.05) is 6.92 Å². The zero-order chi connectivity index (χ0) is 15.4. The summed E-state index contributed by atoms with van der Waals surface area (Å²) in [6.45, 7) is 5.18. The molecular weight excluding hydrogens is 280 g/mol. The minimum Gasteiger partial charge on any atom is -0.463 e. The number of ether oxygens (including phenoxy) is 5. The van der Waals surface area contributed by atoms with Crippen molar-refractivity contribution in [3.8, 4) is 0 Å². The Labute approximate surface area is 123 Å². The van der Waals surface area contributed by atoms with E-state index < -0.39 is 24.5 Å². The highest BCUT2D eigenvalue weighted by molar-refractivity contribution is 5.66. The lowest BCUT2D eigenvalue weighted by molar-refractivity contribution is -0.264. The van der Waals surface area contributed by atoms with Crippen LogP contribution in [0.5, 0.6) is 0 Å². The summed E-state index contributed by atoms with van der Waals surface area (Å²) in [5.74, 6) is -0.670. The average Bonchev–Trinajstić information content (AvgIpc) is 2.77. The lowest BCUT2D eigenvalue weighted by atomic mass is 9.93. The largest absolute Gasteiger partial charge is 0.463 e. The second kappa shape index (κ2) is 7.20. The van der Waals surface area contributed by atoms with E-state index in [9.17, 15) is 9.59 Å². The quantitative estimate of drug-likeness (QED) is 0.701. The first kappa shape index (κ1) is 16.2. The van der Waals surface area contributed by atoms with Crippen LogP contribution < -0.4 is 0 Å². The second-order valence-corrected chi connectivity index (χ2v) is 5.25. The first-order valence-electron chi connectivity index (χ1n) is 7.22. The number of fused-ring (bicyclic) bond motifs is 1. The molecule has 0 N–H and O–H groups in total. The third kappa shape index (κ3) is 4.39. The van der Waals surface area contributed by atoms with E-state index in [1.54, 1.807) is 0 Å². The maximum absolute atomic E-state index is 11.2. The third-order valence-corrected chi connectivity index (χ3v) is 3.55. The van der Waals surface area contributed by atoms with Crippen molar-refractivity contribution in [2.75, 3.05) is 13.2 Å². The van der Waals surface area contributed by atoms with E-state index in [4.69, 9.17) is 23.7 Å². The van der Waals surface area contributed by atoms with Gasteiger partial charge in [0.25, 0.3) is 0 Å². The molecule has 0 spiro atoms. The number of esters is 2. The fourth-order valence-corrected chi connectivity index (χ4v) is 2.71. The molecule has 21 heavy (non-hydrogen) atoms. The maximum atomic E-state index is 11.2. The van der Waals surface area contributed by atoms with Crippen LogP contribution in [0.2, 0.25) is 0 Å². The zero-order valence-corrected chi connectivity index (χ0v) is 12.6. The summed E-state index contributed by atoms with van der Waals surface area (Å²) in [7, 11) is 0. The molecule has 0 bridgehead atoms. The van der Waals surface area contributed by atoms with Crippen LogP contribution >= 0.6 is 0 Å². The van der Waals surface area contributed by atoms with Crippen molar-refractivity contribution in [1.82, 2.24) is 0 Å². The first-order valence-corrected chi connectivity index (χ1v) is 7.22. The second-order valence-electron chi connectivity index (χ2n) is 5.25. The van der Waals surface area contributed by atoms with Gasteiger partial charge in [0.15, 0.2) is 12.6 Å². The topological polar surface area (TPSA) is 80.3 Å². The monoisotopic (exact) mass is 302 g/mol. The fourth-order valence-electron chi connectivity index (χ4n) is 2.71. The molecule has 0 aromatic heterocycles. The van der Waals surface area contributed by atoms with Gasteiger partial charge < -0.3 is 23.7 Å². The lowest BCUT2D eigenvalue weighted by Crippen LogP contribution is -2.47. The van der Waals surface area contributed by atoms with Gasteiger partial charge in [-0.25, -0.2) is 0 Å². The number of hydrogen-bond acceptors (Lipinski definition) is 7. The molecule has 2 heterocycles. The standard InChI is InChI=1S/C14H22O7/c1-4-17-13-6-10-5-11(19-9(3)16)12(7-18-8(2)15)20-14(10)21-13/h10-14H,4-7H2,1-3H3/t10-,11-,12+,13?,14+/m0/s1. The molecule has 5 atom stereocenters. The molecule has 1 unspecified atom stereocenters. The van der Waals surface area contributed by atoms with Gasteiger partial charge in [-0.2, -0.15) is 0 Å². The molecule has 0 saturated carbocycles. The van der Waals surface area contributed by atoms with Crippen LogP contribution in [0.25, 0.3) is 0 Å². The van der Waals surface area contributed by atoms with Crippen molar-refractivity contribution >= 4 is 11.9 Å². The molecule has 7 heteroatoms. The van der Waals surface area contributed by atoms with Gasteiger partial charge in [0.1, 0.15) is 18.8 Å². The van der Waals surface area contributed by atoms with Crippen LogP contribution in [0.1, 0.15) is 33.6 Å². The van der Waals surface area contributed by atoms with E-state index in [0.717, 1.165) is 0 Å². The van der Waals surface area contributed by atoms with Crippen molar-refractivity contribution in [1.29, 1.82) is 0 Å². The molecule has 120 valence electrons. The predicted octanol–water partition coefficient (Wildman–Crippen LogP) is 0.995. The Balaban J connectivity index is 1.98. The number of rotatable bonds is 5. The highest BCUT2D eigenvalue weighted by Gasteiger charge is 2.46. The molecule has 2 fully saturated rings. The highest BCUT2D eigenvalue weighted by Crippen LogP contribution is 2.38. The summed E-state index contributed by atoms with van der Waals surface area (Å²) >= 11 is 0. The summed E-state index contributed by atoms with van der Waals surface area (Å²) in [4.78, 5) is 22.2. The summed E-state index contributed by atoms with van der Waals surface area (Å²) in [6.07, 6.45) is -0.341. The molecule has 2 rings (SSSR count). The zero-order valence-electron chi connectivity index (χ0n) is 12.6. The van der Waals surface area contributed by atoms with Crippen molar-refractivity contribution in [3.05, 3.63) is 0 Å². The van der Waals surface area contributed by atoms with Crippen LogP contribution in [0.3, 0.4) is 0 Å². The number of carbonyl (C=O) groups excluding carboxylic acids is 2. The SMILES string of the molecule is CCOC1C[C@@H]2C[C@H](OC(C)=O)[C@@H](COC(C)=O)O[C@@H]2O1. The fraction of sp³-hybridized carbons (Fsp3) is 0.857. The Morgan fingerprint density at radius 3 is 2.52 bits per heavy atom. The van der Waals surface area contributed by atoms with Gasteiger partial charge in [0.05, 0.1) is 0 Å². The van der Waals surface area contributed by atoms with Gasteiger partial charge >= 0.3 is 11.9 Å². The smallest absolute Gasteiger partial charge is 0.302 e. The molecule has 2 aliphatic rings. The van der Waals surface area contributed by atoms with E-state index in [1.165, 1.54) is 13.8 Å². The van der Waals surface area contributed by atoms with Crippen LogP contribution in [0.15, 0.2) is 0 Å². The minimum absolute atomic E-state index is 0.0408. The Morgan fingerprint density at radius 2 is 1.90 bits per heavy atom. The summed E-state index contributed by atoms with van der Waals surface area (Å²) in [5, 5.41) is 0. The van der Waals surface area contributed by atoms with Crippen molar-refractivity contribution in [2.45, 2.75) is 58.4 Å². The molecule has 0 amide bonds. The molecular formula is C14H22O7. The Bertz CT molecular complexity index is 384. The van der Waals surface area contributed by atoms with Crippen molar-refractivity contribution in [2.24, 2.45) is 5.92 Å². The maximum Gasteiger partial charge on any atom is 0.302 e. The van der Waals surface area contributed by atoms with E-state index in [-0.39, 0.29) is 24.8 Å². The van der Waals surface area contributed by atoms with Crippen molar-refractivity contribution < 1.29 is 33.3 Å². The molecule has 7 nitrogen and oxygen atoms in total. The van der Waals surface area contributed by atoms with Gasteiger partial charge in [0.2, 0.25) is 0 Å². The number of carbonyl (C=O) groups is 2. The summed E-state index contributed by atoms with van der Waals surface area (Å²) in [6, 6.07) is 0. The van der Waals surface area contributed by atoms with Crippen molar-refractivity contribution in [3.63, 3.8) is 0 Å². The predicted molar refractivity (Wildman–Crippen MR) is 70.1 cm³/mol. The van der Waals surface area contributed by atoms with Gasteiger partial charge in [0, 0.05) is 32.8 Å². The van der Waals surface area contributed by atoms with E-state index in [0.29, 0.717) is 19.4 Å².